The van der Waals surface area contributed by atoms with Crippen molar-refractivity contribution >= 4 is 5.97 Å². The summed E-state index contributed by atoms with van der Waals surface area (Å²) in [5.74, 6) is -0.379. The van der Waals surface area contributed by atoms with Crippen molar-refractivity contribution in [1.29, 1.82) is 0 Å². The minimum Gasteiger partial charge on any atom is -0.295 e. The zero-order valence-electron chi connectivity index (χ0n) is 4.74. The molecule has 0 amide bonds. The fourth-order valence-electron chi connectivity index (χ4n) is 0.436. The summed E-state index contributed by atoms with van der Waals surface area (Å²) in [7, 11) is 0. The van der Waals surface area contributed by atoms with Gasteiger partial charge in [0.25, 0.3) is 0 Å². The van der Waals surface area contributed by atoms with Gasteiger partial charge in [-0.05, 0) is 6.08 Å². The highest BCUT2D eigenvalue weighted by Crippen LogP contribution is 1.94. The Labute approximate surface area is 52.5 Å². The summed E-state index contributed by atoms with van der Waals surface area (Å²) in [4.78, 5) is 18.9. The summed E-state index contributed by atoms with van der Waals surface area (Å²) in [5, 5.41) is 0. The minimum absolute atomic E-state index is 0.268. The van der Waals surface area contributed by atoms with Gasteiger partial charge in [-0.2, -0.15) is 0 Å². The number of allylic oxidation sites excluding steroid dienone is 2. The molecule has 0 unspecified atom stereocenters. The van der Waals surface area contributed by atoms with Crippen LogP contribution in [0, 0.1) is 0 Å². The van der Waals surface area contributed by atoms with Crippen LogP contribution in [0.1, 0.15) is 6.42 Å². The molecule has 3 nitrogen and oxygen atoms in total. The second kappa shape index (κ2) is 2.91. The molecule has 1 rings (SSSR count). The third kappa shape index (κ3) is 1.99. The van der Waals surface area contributed by atoms with E-state index < -0.39 is 0 Å². The number of hydrogen-bond acceptors (Lipinski definition) is 3. The van der Waals surface area contributed by atoms with Crippen molar-refractivity contribution < 1.29 is 14.6 Å². The molecular formula is C6H6O3. The molecule has 0 fully saturated rings. The molecule has 9 heavy (non-hydrogen) atoms. The van der Waals surface area contributed by atoms with Crippen LogP contribution in [0.5, 0.6) is 0 Å². The van der Waals surface area contributed by atoms with Crippen LogP contribution in [0.3, 0.4) is 0 Å². The quantitative estimate of drug-likeness (QED) is 0.453. The van der Waals surface area contributed by atoms with Gasteiger partial charge in [-0.3, -0.25) is 9.78 Å². The molecule has 1 aliphatic heterocycles. The summed E-state index contributed by atoms with van der Waals surface area (Å²) in [6.07, 6.45) is 6.63. The predicted molar refractivity (Wildman–Crippen MR) is 30.1 cm³/mol. The zero-order chi connectivity index (χ0) is 6.53. The van der Waals surface area contributed by atoms with Gasteiger partial charge in [0.05, 0.1) is 6.42 Å². The predicted octanol–water partition coefficient (Wildman–Crippen LogP) is 0.935. The van der Waals surface area contributed by atoms with Gasteiger partial charge in [-0.15, -0.1) is 0 Å². The molecule has 0 N–H and O–H groups in total. The Morgan fingerprint density at radius 3 is 3.22 bits per heavy atom. The van der Waals surface area contributed by atoms with Crippen LogP contribution in [-0.2, 0) is 14.6 Å². The van der Waals surface area contributed by atoms with Crippen LogP contribution < -0.4 is 0 Å². The van der Waals surface area contributed by atoms with Crippen molar-refractivity contribution in [2.45, 2.75) is 6.42 Å². The molecule has 0 aliphatic carbocycles. The van der Waals surface area contributed by atoms with Crippen LogP contribution in [0.15, 0.2) is 24.5 Å². The molecule has 0 saturated heterocycles. The molecule has 1 heterocycles. The topological polar surface area (TPSA) is 35.5 Å². The third-order valence-corrected chi connectivity index (χ3v) is 0.807. The van der Waals surface area contributed by atoms with E-state index in [9.17, 15) is 4.79 Å². The van der Waals surface area contributed by atoms with E-state index in [-0.39, 0.29) is 12.4 Å². The molecular weight excluding hydrogens is 120 g/mol. The highest BCUT2D eigenvalue weighted by molar-refractivity contribution is 5.70. The largest absolute Gasteiger partial charge is 0.359 e. The molecule has 48 valence electrons. The molecule has 3 heteroatoms. The van der Waals surface area contributed by atoms with Gasteiger partial charge in [0.15, 0.2) is 0 Å². The second-order valence-corrected chi connectivity index (χ2v) is 1.51. The Morgan fingerprint density at radius 2 is 2.33 bits per heavy atom. The highest BCUT2D eigenvalue weighted by Gasteiger charge is 1.99. The maximum atomic E-state index is 10.4. The molecule has 0 atom stereocenters. The van der Waals surface area contributed by atoms with Gasteiger partial charge in [-0.1, -0.05) is 12.2 Å². The normalized spacial score (nSPS) is 17.6. The van der Waals surface area contributed by atoms with Gasteiger partial charge in [0.1, 0.15) is 6.26 Å². The van der Waals surface area contributed by atoms with Crippen LogP contribution in [0.2, 0.25) is 0 Å². The van der Waals surface area contributed by atoms with E-state index in [2.05, 4.69) is 9.78 Å². The van der Waals surface area contributed by atoms with Crippen molar-refractivity contribution in [2.24, 2.45) is 0 Å². The first-order valence-electron chi connectivity index (χ1n) is 2.57. The smallest absolute Gasteiger partial charge is 0.295 e. The fraction of sp³-hybridized carbons (Fsp3) is 0.167. The van der Waals surface area contributed by atoms with Gasteiger partial charge >= 0.3 is 5.97 Å². The maximum absolute atomic E-state index is 10.4. The average molecular weight is 126 g/mol. The summed E-state index contributed by atoms with van der Waals surface area (Å²) in [6, 6.07) is 0. The summed E-state index contributed by atoms with van der Waals surface area (Å²) in [6.45, 7) is 0. The first-order valence-corrected chi connectivity index (χ1v) is 2.57. The van der Waals surface area contributed by atoms with Gasteiger partial charge in [-0.25, -0.2) is 4.79 Å². The van der Waals surface area contributed by atoms with Crippen LogP contribution in [0.25, 0.3) is 0 Å². The molecule has 0 aromatic carbocycles. The Hall–Kier alpha value is -1.25. The zero-order valence-corrected chi connectivity index (χ0v) is 4.74. The molecule has 0 radical (unpaired) electrons. The molecule has 0 aromatic rings. The lowest BCUT2D eigenvalue weighted by atomic mass is 10.4. The van der Waals surface area contributed by atoms with Crippen molar-refractivity contribution in [3.05, 3.63) is 24.5 Å². The van der Waals surface area contributed by atoms with Gasteiger partial charge in [0.2, 0.25) is 0 Å². The third-order valence-electron chi connectivity index (χ3n) is 0.807. The maximum Gasteiger partial charge on any atom is 0.359 e. The SMILES string of the molecule is O=C1CC=CC=COO1. The Kier molecular flexibility index (Phi) is 1.90. The monoisotopic (exact) mass is 126 g/mol. The van der Waals surface area contributed by atoms with Gasteiger partial charge < -0.3 is 0 Å². The van der Waals surface area contributed by atoms with Crippen molar-refractivity contribution in [2.75, 3.05) is 0 Å². The second-order valence-electron chi connectivity index (χ2n) is 1.51. The molecule has 0 spiro atoms. The van der Waals surface area contributed by atoms with E-state index in [0.29, 0.717) is 0 Å². The van der Waals surface area contributed by atoms with E-state index in [0.717, 1.165) is 0 Å². The minimum atomic E-state index is -0.379. The summed E-state index contributed by atoms with van der Waals surface area (Å²) in [5.41, 5.74) is 0. The summed E-state index contributed by atoms with van der Waals surface area (Å²) < 4.78 is 0. The molecule has 0 bridgehead atoms. The number of rotatable bonds is 0. The van der Waals surface area contributed by atoms with Crippen molar-refractivity contribution in [3.8, 4) is 0 Å². The molecule has 1 aliphatic rings. The Balaban J connectivity index is 2.50. The standard InChI is InChI=1S/C6H6O3/c7-6-4-2-1-3-5-8-9-6/h1-3,5H,4H2. The fourth-order valence-corrected chi connectivity index (χ4v) is 0.436. The Morgan fingerprint density at radius 1 is 1.44 bits per heavy atom. The van der Waals surface area contributed by atoms with Crippen LogP contribution >= 0.6 is 0 Å². The lowest BCUT2D eigenvalue weighted by molar-refractivity contribution is -0.237. The van der Waals surface area contributed by atoms with Crippen molar-refractivity contribution in [3.63, 3.8) is 0 Å². The average Bonchev–Trinajstić information content (AvgIpc) is 1.79. The first-order chi connectivity index (χ1) is 4.39. The molecule has 0 saturated carbocycles. The van der Waals surface area contributed by atoms with E-state index in [1.807, 2.05) is 0 Å². The van der Waals surface area contributed by atoms with E-state index in [1.54, 1.807) is 18.2 Å². The van der Waals surface area contributed by atoms with E-state index in [4.69, 9.17) is 0 Å². The number of hydrogen-bond donors (Lipinski definition) is 0. The molecule has 0 aromatic heterocycles. The number of carbonyl (C=O) groups is 1. The number of carbonyl (C=O) groups excluding carboxylic acids is 1. The van der Waals surface area contributed by atoms with E-state index >= 15 is 0 Å². The van der Waals surface area contributed by atoms with E-state index in [1.165, 1.54) is 6.26 Å². The van der Waals surface area contributed by atoms with Crippen LogP contribution in [-0.4, -0.2) is 5.97 Å². The first kappa shape index (κ1) is 5.88. The Bertz CT molecular complexity index is 158. The highest BCUT2D eigenvalue weighted by atomic mass is 17.2. The lowest BCUT2D eigenvalue weighted by Crippen LogP contribution is -2.01. The van der Waals surface area contributed by atoms with Gasteiger partial charge in [0, 0.05) is 0 Å². The van der Waals surface area contributed by atoms with Crippen LogP contribution in [0.4, 0.5) is 0 Å². The summed E-state index contributed by atoms with van der Waals surface area (Å²) >= 11 is 0. The lowest BCUT2D eigenvalue weighted by Gasteiger charge is -1.98. The van der Waals surface area contributed by atoms with Crippen molar-refractivity contribution in [1.82, 2.24) is 0 Å².